The van der Waals surface area contributed by atoms with E-state index >= 15 is 0 Å². The highest BCUT2D eigenvalue weighted by Gasteiger charge is 2.44. The summed E-state index contributed by atoms with van der Waals surface area (Å²) >= 11 is 0. The lowest BCUT2D eigenvalue weighted by molar-refractivity contribution is -0.277. The molecule has 2 aromatic rings. The van der Waals surface area contributed by atoms with Crippen LogP contribution in [0.1, 0.15) is 29.5 Å². The lowest BCUT2D eigenvalue weighted by Crippen LogP contribution is -2.60. The Balaban J connectivity index is 1.70. The van der Waals surface area contributed by atoms with E-state index in [1.807, 2.05) is 6.07 Å². The maximum absolute atomic E-state index is 12.4. The molecular formula is C20H24O8. The van der Waals surface area contributed by atoms with Crippen molar-refractivity contribution >= 4 is 11.0 Å². The number of aryl methyl sites for hydroxylation is 2. The molecule has 1 aliphatic carbocycles. The lowest BCUT2D eigenvalue weighted by atomic mass is 9.90. The molecule has 1 aromatic carbocycles. The summed E-state index contributed by atoms with van der Waals surface area (Å²) in [5.74, 6) is 0.315. The van der Waals surface area contributed by atoms with E-state index in [0.717, 1.165) is 42.2 Å². The van der Waals surface area contributed by atoms with Crippen LogP contribution in [0.15, 0.2) is 21.3 Å². The topological polar surface area (TPSA) is 130 Å². The highest BCUT2D eigenvalue weighted by Crippen LogP contribution is 2.34. The van der Waals surface area contributed by atoms with Crippen molar-refractivity contribution in [3.8, 4) is 5.75 Å². The molecule has 28 heavy (non-hydrogen) atoms. The average molecular weight is 392 g/mol. The molecule has 0 spiro atoms. The second-order valence-corrected chi connectivity index (χ2v) is 7.43. The van der Waals surface area contributed by atoms with E-state index in [-0.39, 0.29) is 5.63 Å². The van der Waals surface area contributed by atoms with Gasteiger partial charge in [0.2, 0.25) is 6.29 Å². The summed E-state index contributed by atoms with van der Waals surface area (Å²) < 4.78 is 16.7. The van der Waals surface area contributed by atoms with Gasteiger partial charge < -0.3 is 34.3 Å². The fourth-order valence-electron chi connectivity index (χ4n) is 4.04. The highest BCUT2D eigenvalue weighted by atomic mass is 16.7. The van der Waals surface area contributed by atoms with Crippen LogP contribution in [0.3, 0.4) is 0 Å². The van der Waals surface area contributed by atoms with Crippen molar-refractivity contribution in [1.82, 2.24) is 0 Å². The normalized spacial score (nSPS) is 30.2. The molecule has 0 amide bonds. The Morgan fingerprint density at radius 1 is 1.07 bits per heavy atom. The van der Waals surface area contributed by atoms with Gasteiger partial charge in [0.05, 0.1) is 6.61 Å². The van der Waals surface area contributed by atoms with E-state index in [4.69, 9.17) is 13.9 Å². The minimum absolute atomic E-state index is 0.315. The van der Waals surface area contributed by atoms with Crippen molar-refractivity contribution in [2.45, 2.75) is 63.3 Å². The monoisotopic (exact) mass is 392 g/mol. The molecule has 8 nitrogen and oxygen atoms in total. The first-order chi connectivity index (χ1) is 13.4. The number of aliphatic hydroxyl groups excluding tert-OH is 4. The van der Waals surface area contributed by atoms with Crippen LogP contribution < -0.4 is 10.4 Å². The van der Waals surface area contributed by atoms with Crippen molar-refractivity contribution in [2.75, 3.05) is 6.61 Å². The van der Waals surface area contributed by atoms with E-state index in [9.17, 15) is 25.2 Å². The quantitative estimate of drug-likeness (QED) is 0.544. The Kier molecular flexibility index (Phi) is 5.15. The number of rotatable bonds is 3. The van der Waals surface area contributed by atoms with Crippen molar-refractivity contribution in [3.63, 3.8) is 0 Å². The van der Waals surface area contributed by atoms with Crippen LogP contribution in [0.25, 0.3) is 11.0 Å². The zero-order valence-electron chi connectivity index (χ0n) is 15.5. The number of benzene rings is 1. The van der Waals surface area contributed by atoms with Crippen molar-refractivity contribution in [2.24, 2.45) is 0 Å². The second kappa shape index (κ2) is 7.46. The molecule has 1 saturated heterocycles. The maximum atomic E-state index is 12.4. The van der Waals surface area contributed by atoms with E-state index in [0.29, 0.717) is 16.9 Å². The number of aliphatic hydroxyl groups is 4. The third-order valence-electron chi connectivity index (χ3n) is 5.68. The molecule has 1 aromatic heterocycles. The number of fused-ring (bicyclic) bond motifs is 3. The van der Waals surface area contributed by atoms with Crippen LogP contribution in [0.5, 0.6) is 5.75 Å². The third kappa shape index (κ3) is 3.11. The molecule has 5 atom stereocenters. The first kappa shape index (κ1) is 19.4. The van der Waals surface area contributed by atoms with Gasteiger partial charge >= 0.3 is 5.63 Å². The van der Waals surface area contributed by atoms with Crippen LogP contribution in [0, 0.1) is 6.92 Å². The van der Waals surface area contributed by atoms with Gasteiger partial charge in [0.15, 0.2) is 0 Å². The highest BCUT2D eigenvalue weighted by molar-refractivity contribution is 5.86. The summed E-state index contributed by atoms with van der Waals surface area (Å²) in [6.45, 7) is 1.20. The van der Waals surface area contributed by atoms with E-state index in [1.54, 1.807) is 13.0 Å². The molecule has 2 aliphatic rings. The third-order valence-corrected chi connectivity index (χ3v) is 5.68. The molecule has 4 rings (SSSR count). The Morgan fingerprint density at radius 2 is 1.79 bits per heavy atom. The van der Waals surface area contributed by atoms with E-state index in [1.165, 1.54) is 0 Å². The Labute approximate surface area is 160 Å². The predicted octanol–water partition coefficient (Wildman–Crippen LogP) is 0.159. The van der Waals surface area contributed by atoms with Gasteiger partial charge in [-0.05, 0) is 50.3 Å². The molecule has 1 aliphatic heterocycles. The molecule has 152 valence electrons. The van der Waals surface area contributed by atoms with Gasteiger partial charge in [-0.3, -0.25) is 0 Å². The first-order valence-corrected chi connectivity index (χ1v) is 9.47. The second-order valence-electron chi connectivity index (χ2n) is 7.43. The Hall–Kier alpha value is -1.97. The number of ether oxygens (including phenoxy) is 2. The molecule has 0 radical (unpaired) electrons. The summed E-state index contributed by atoms with van der Waals surface area (Å²) in [7, 11) is 0. The maximum Gasteiger partial charge on any atom is 0.339 e. The van der Waals surface area contributed by atoms with Crippen molar-refractivity contribution in [1.29, 1.82) is 0 Å². The van der Waals surface area contributed by atoms with Crippen LogP contribution in [-0.4, -0.2) is 57.7 Å². The van der Waals surface area contributed by atoms with E-state index in [2.05, 4.69) is 0 Å². The largest absolute Gasteiger partial charge is 0.462 e. The molecule has 2 heterocycles. The molecule has 0 bridgehead atoms. The van der Waals surface area contributed by atoms with Gasteiger partial charge in [0, 0.05) is 16.5 Å². The minimum Gasteiger partial charge on any atom is -0.462 e. The van der Waals surface area contributed by atoms with Crippen molar-refractivity contribution < 1.29 is 34.3 Å². The standard InChI is InChI=1S/C20H24O8/c1-9-13(26-20-17(24)16(23)15(22)14(8-21)27-20)7-6-11-10-4-2-3-5-12(10)19(25)28-18(9)11/h6-7,14-17,20-24H,2-5,8H2,1H3/t14-,15-,16+,17-,20-/m1/s1. The fourth-order valence-corrected chi connectivity index (χ4v) is 4.04. The van der Waals surface area contributed by atoms with Crippen LogP contribution >= 0.6 is 0 Å². The van der Waals surface area contributed by atoms with Gasteiger partial charge in [-0.25, -0.2) is 4.79 Å². The van der Waals surface area contributed by atoms with Crippen LogP contribution in [0.2, 0.25) is 0 Å². The SMILES string of the molecule is Cc1c(O[C@@H]2O[C@H](CO)[C@@H](O)[C@H](O)[C@H]2O)ccc2c3c(c(=O)oc12)CCCC3. The summed E-state index contributed by atoms with van der Waals surface area (Å²) in [5.41, 5.74) is 2.41. The van der Waals surface area contributed by atoms with Gasteiger partial charge in [-0.1, -0.05) is 0 Å². The molecule has 8 heteroatoms. The predicted molar refractivity (Wildman–Crippen MR) is 98.3 cm³/mol. The van der Waals surface area contributed by atoms with Gasteiger partial charge in [0.1, 0.15) is 35.7 Å². The fraction of sp³-hybridized carbons (Fsp3) is 0.550. The zero-order chi connectivity index (χ0) is 20.0. The molecule has 4 N–H and O–H groups in total. The van der Waals surface area contributed by atoms with Crippen LogP contribution in [-0.2, 0) is 17.6 Å². The summed E-state index contributed by atoms with van der Waals surface area (Å²) in [4.78, 5) is 12.4. The molecular weight excluding hydrogens is 368 g/mol. The molecule has 0 unspecified atom stereocenters. The smallest absolute Gasteiger partial charge is 0.339 e. The summed E-state index contributed by atoms with van der Waals surface area (Å²) in [6, 6.07) is 3.52. The summed E-state index contributed by atoms with van der Waals surface area (Å²) in [6.07, 6.45) is -3.31. The minimum atomic E-state index is -1.53. The molecule has 1 fully saturated rings. The lowest BCUT2D eigenvalue weighted by Gasteiger charge is -2.39. The Morgan fingerprint density at radius 3 is 2.50 bits per heavy atom. The van der Waals surface area contributed by atoms with E-state index < -0.39 is 37.3 Å². The van der Waals surface area contributed by atoms with Gasteiger partial charge in [-0.2, -0.15) is 0 Å². The van der Waals surface area contributed by atoms with Crippen LogP contribution in [0.4, 0.5) is 0 Å². The van der Waals surface area contributed by atoms with Crippen molar-refractivity contribution in [3.05, 3.63) is 39.2 Å². The summed E-state index contributed by atoms with van der Waals surface area (Å²) in [5, 5.41) is 40.2. The average Bonchev–Trinajstić information content (AvgIpc) is 2.71. The Bertz CT molecular complexity index is 934. The van der Waals surface area contributed by atoms with Gasteiger partial charge in [0.25, 0.3) is 0 Å². The number of hydrogen-bond donors (Lipinski definition) is 4. The molecule has 0 saturated carbocycles. The first-order valence-electron chi connectivity index (χ1n) is 9.47. The number of hydrogen-bond acceptors (Lipinski definition) is 8. The van der Waals surface area contributed by atoms with Gasteiger partial charge in [-0.15, -0.1) is 0 Å². The zero-order valence-corrected chi connectivity index (χ0v) is 15.5.